The number of piperazine rings is 1. The quantitative estimate of drug-likeness (QED) is 0.879. The number of aliphatic carboxylic acids is 1. The molecule has 0 aliphatic carbocycles. The van der Waals surface area contributed by atoms with Gasteiger partial charge in [-0.1, -0.05) is 13.0 Å². The van der Waals surface area contributed by atoms with E-state index < -0.39 is 11.5 Å². The highest BCUT2D eigenvalue weighted by molar-refractivity contribution is 5.80. The van der Waals surface area contributed by atoms with E-state index in [0.717, 1.165) is 26.2 Å². The van der Waals surface area contributed by atoms with Crippen molar-refractivity contribution in [1.82, 2.24) is 14.8 Å². The highest BCUT2D eigenvalue weighted by Gasteiger charge is 2.46. The van der Waals surface area contributed by atoms with E-state index in [0.29, 0.717) is 12.1 Å². The van der Waals surface area contributed by atoms with Gasteiger partial charge in [-0.05, 0) is 25.6 Å². The summed E-state index contributed by atoms with van der Waals surface area (Å²) < 4.78 is 0. The van der Waals surface area contributed by atoms with Gasteiger partial charge in [-0.2, -0.15) is 0 Å². The first-order valence-corrected chi connectivity index (χ1v) is 6.69. The van der Waals surface area contributed by atoms with Crippen LogP contribution in [0.3, 0.4) is 0 Å². The zero-order chi connectivity index (χ0) is 13.9. The van der Waals surface area contributed by atoms with Gasteiger partial charge in [0.2, 0.25) is 0 Å². The van der Waals surface area contributed by atoms with Crippen molar-refractivity contribution in [2.24, 2.45) is 0 Å². The Hall–Kier alpha value is -1.46. The van der Waals surface area contributed by atoms with Crippen LogP contribution in [0.4, 0.5) is 0 Å². The normalized spacial score (nSPS) is 20.9. The monoisotopic (exact) mass is 263 g/mol. The van der Waals surface area contributed by atoms with Crippen molar-refractivity contribution in [1.29, 1.82) is 0 Å². The third kappa shape index (κ3) is 2.48. The van der Waals surface area contributed by atoms with Crippen molar-refractivity contribution in [3.05, 3.63) is 30.1 Å². The van der Waals surface area contributed by atoms with Crippen LogP contribution < -0.4 is 0 Å². The van der Waals surface area contributed by atoms with Crippen molar-refractivity contribution < 1.29 is 9.90 Å². The second kappa shape index (κ2) is 5.67. The van der Waals surface area contributed by atoms with Crippen LogP contribution in [0, 0.1) is 0 Å². The van der Waals surface area contributed by atoms with E-state index in [1.54, 1.807) is 6.20 Å². The fourth-order valence-corrected chi connectivity index (χ4v) is 2.76. The van der Waals surface area contributed by atoms with E-state index in [1.807, 2.05) is 25.1 Å². The zero-order valence-corrected chi connectivity index (χ0v) is 11.5. The van der Waals surface area contributed by atoms with Gasteiger partial charge in [0.25, 0.3) is 0 Å². The molecule has 1 aliphatic heterocycles. The van der Waals surface area contributed by atoms with Crippen molar-refractivity contribution in [3.63, 3.8) is 0 Å². The molecule has 5 nitrogen and oxygen atoms in total. The first-order valence-electron chi connectivity index (χ1n) is 6.69. The number of aromatic nitrogens is 1. The van der Waals surface area contributed by atoms with Crippen LogP contribution in [0.5, 0.6) is 0 Å². The molecule has 2 heterocycles. The van der Waals surface area contributed by atoms with Gasteiger partial charge in [0, 0.05) is 32.4 Å². The molecule has 5 heteroatoms. The molecule has 104 valence electrons. The lowest BCUT2D eigenvalue weighted by Gasteiger charge is -2.43. The van der Waals surface area contributed by atoms with Crippen LogP contribution in [0.25, 0.3) is 0 Å². The predicted octanol–water partition coefficient (Wildman–Crippen LogP) is 1.02. The molecular formula is C14H21N3O2. The molecule has 19 heavy (non-hydrogen) atoms. The van der Waals surface area contributed by atoms with Gasteiger partial charge >= 0.3 is 5.97 Å². The number of carboxylic acid groups (broad SMARTS) is 1. The molecule has 0 spiro atoms. The minimum absolute atomic E-state index is 0.517. The SMILES string of the molecule is CCC(C(=O)O)(c1ccccn1)N1CCN(C)CC1. The predicted molar refractivity (Wildman–Crippen MR) is 72.9 cm³/mol. The molecule has 0 amide bonds. The highest BCUT2D eigenvalue weighted by atomic mass is 16.4. The molecule has 1 saturated heterocycles. The van der Waals surface area contributed by atoms with Gasteiger partial charge in [-0.15, -0.1) is 0 Å². The van der Waals surface area contributed by atoms with Crippen molar-refractivity contribution in [2.45, 2.75) is 18.9 Å². The minimum Gasteiger partial charge on any atom is -0.480 e. The highest BCUT2D eigenvalue weighted by Crippen LogP contribution is 2.32. The van der Waals surface area contributed by atoms with Crippen LogP contribution in [-0.4, -0.2) is 59.1 Å². The van der Waals surface area contributed by atoms with Crippen molar-refractivity contribution in [3.8, 4) is 0 Å². The van der Waals surface area contributed by atoms with Crippen molar-refractivity contribution >= 4 is 5.97 Å². The standard InChI is InChI=1S/C14H21N3O2/c1-3-14(13(18)19,12-6-4-5-7-15-12)17-10-8-16(2)9-11-17/h4-7H,3,8-11H2,1-2H3,(H,18,19). The van der Waals surface area contributed by atoms with Crippen LogP contribution in [0.1, 0.15) is 19.0 Å². The van der Waals surface area contributed by atoms with Crippen LogP contribution in [-0.2, 0) is 10.3 Å². The number of pyridine rings is 1. The molecule has 1 atom stereocenters. The summed E-state index contributed by atoms with van der Waals surface area (Å²) >= 11 is 0. The third-order valence-electron chi connectivity index (χ3n) is 4.00. The van der Waals surface area contributed by atoms with Crippen LogP contribution >= 0.6 is 0 Å². The Kier molecular flexibility index (Phi) is 4.17. The number of hydrogen-bond acceptors (Lipinski definition) is 4. The summed E-state index contributed by atoms with van der Waals surface area (Å²) in [5.74, 6) is -0.807. The fraction of sp³-hybridized carbons (Fsp3) is 0.571. The average Bonchev–Trinajstić information content (AvgIpc) is 2.43. The number of rotatable bonds is 4. The molecule has 1 unspecified atom stereocenters. The Morgan fingerprint density at radius 1 is 1.37 bits per heavy atom. The maximum atomic E-state index is 11.9. The molecule has 1 aliphatic rings. The summed E-state index contributed by atoms with van der Waals surface area (Å²) in [6.45, 7) is 5.21. The number of likely N-dealkylation sites (N-methyl/N-ethyl adjacent to an activating group) is 1. The molecule has 2 rings (SSSR count). The zero-order valence-electron chi connectivity index (χ0n) is 11.5. The van der Waals surface area contributed by atoms with E-state index in [-0.39, 0.29) is 0 Å². The molecule has 0 radical (unpaired) electrons. The average molecular weight is 263 g/mol. The first-order chi connectivity index (χ1) is 9.11. The Bertz CT molecular complexity index is 430. The van der Waals surface area contributed by atoms with Crippen LogP contribution in [0.15, 0.2) is 24.4 Å². The number of nitrogens with zero attached hydrogens (tertiary/aromatic N) is 3. The summed E-state index contributed by atoms with van der Waals surface area (Å²) in [6.07, 6.45) is 2.18. The second-order valence-corrected chi connectivity index (χ2v) is 5.02. The number of carbonyl (C=O) groups is 1. The molecule has 0 bridgehead atoms. The van der Waals surface area contributed by atoms with Gasteiger partial charge in [0.15, 0.2) is 5.54 Å². The summed E-state index contributed by atoms with van der Waals surface area (Å²) in [4.78, 5) is 20.5. The Balaban J connectivity index is 2.37. The number of carboxylic acids is 1. The van der Waals surface area contributed by atoms with E-state index in [9.17, 15) is 9.90 Å². The van der Waals surface area contributed by atoms with Crippen LogP contribution in [0.2, 0.25) is 0 Å². The lowest BCUT2D eigenvalue weighted by atomic mass is 9.88. The fourth-order valence-electron chi connectivity index (χ4n) is 2.76. The summed E-state index contributed by atoms with van der Waals surface area (Å²) in [7, 11) is 2.06. The molecule has 0 aromatic carbocycles. The summed E-state index contributed by atoms with van der Waals surface area (Å²) in [5, 5.41) is 9.80. The molecular weight excluding hydrogens is 242 g/mol. The van der Waals surface area contributed by atoms with Gasteiger partial charge in [-0.25, -0.2) is 4.79 Å². The molecule has 1 fully saturated rings. The lowest BCUT2D eigenvalue weighted by molar-refractivity contribution is -0.154. The van der Waals surface area contributed by atoms with E-state index in [1.165, 1.54) is 0 Å². The third-order valence-corrected chi connectivity index (χ3v) is 4.00. The van der Waals surface area contributed by atoms with E-state index >= 15 is 0 Å². The van der Waals surface area contributed by atoms with Crippen molar-refractivity contribution in [2.75, 3.05) is 33.2 Å². The van der Waals surface area contributed by atoms with Gasteiger partial charge < -0.3 is 10.0 Å². The van der Waals surface area contributed by atoms with E-state index in [2.05, 4.69) is 21.8 Å². The maximum absolute atomic E-state index is 11.9. The number of hydrogen-bond donors (Lipinski definition) is 1. The first kappa shape index (κ1) is 14.0. The molecule has 1 aromatic rings. The Morgan fingerprint density at radius 3 is 2.53 bits per heavy atom. The van der Waals surface area contributed by atoms with Gasteiger partial charge in [0.05, 0.1) is 5.69 Å². The van der Waals surface area contributed by atoms with E-state index in [4.69, 9.17) is 0 Å². The molecule has 1 aromatic heterocycles. The Labute approximate surface area is 113 Å². The van der Waals surface area contributed by atoms with Gasteiger partial charge in [0.1, 0.15) is 0 Å². The summed E-state index contributed by atoms with van der Waals surface area (Å²) in [6, 6.07) is 5.48. The lowest BCUT2D eigenvalue weighted by Crippen LogP contribution is -2.58. The smallest absolute Gasteiger partial charge is 0.330 e. The molecule has 1 N–H and O–H groups in total. The summed E-state index contributed by atoms with van der Waals surface area (Å²) in [5.41, 5.74) is -0.364. The maximum Gasteiger partial charge on any atom is 0.330 e. The Morgan fingerprint density at radius 2 is 2.05 bits per heavy atom. The van der Waals surface area contributed by atoms with Gasteiger partial charge in [-0.3, -0.25) is 9.88 Å². The molecule has 0 saturated carbocycles. The largest absolute Gasteiger partial charge is 0.480 e. The minimum atomic E-state index is -0.997. The second-order valence-electron chi connectivity index (χ2n) is 5.02. The topological polar surface area (TPSA) is 56.7 Å².